The second-order valence-electron chi connectivity index (χ2n) is 6.01. The summed E-state index contributed by atoms with van der Waals surface area (Å²) in [4.78, 5) is 22.5. The molecule has 0 saturated carbocycles. The van der Waals surface area contributed by atoms with Gasteiger partial charge in [-0.05, 0) is 49.6 Å². The summed E-state index contributed by atoms with van der Waals surface area (Å²) in [5, 5.41) is 11.5. The Morgan fingerprint density at radius 3 is 2.40 bits per heavy atom. The summed E-state index contributed by atoms with van der Waals surface area (Å²) in [5.41, 5.74) is 3.85. The fourth-order valence-electron chi connectivity index (χ4n) is 2.44. The Hall–Kier alpha value is -2.82. The van der Waals surface area contributed by atoms with Crippen molar-refractivity contribution in [2.45, 2.75) is 33.1 Å². The van der Waals surface area contributed by atoms with Crippen LogP contribution in [0.3, 0.4) is 0 Å². The van der Waals surface area contributed by atoms with Crippen LogP contribution in [-0.4, -0.2) is 23.6 Å². The minimum absolute atomic E-state index is 0.0987. The van der Waals surface area contributed by atoms with Crippen LogP contribution in [0.4, 0.5) is 5.69 Å². The first-order valence-electron chi connectivity index (χ1n) is 8.24. The highest BCUT2D eigenvalue weighted by molar-refractivity contribution is 5.90. The maximum Gasteiger partial charge on any atom is 0.303 e. The Bertz CT molecular complexity index is 738. The monoisotopic (exact) mass is 341 g/mol. The van der Waals surface area contributed by atoms with Gasteiger partial charge < -0.3 is 15.2 Å². The quantitative estimate of drug-likeness (QED) is 0.767. The van der Waals surface area contributed by atoms with Crippen molar-refractivity contribution in [3.63, 3.8) is 0 Å². The van der Waals surface area contributed by atoms with Crippen LogP contribution in [0.2, 0.25) is 0 Å². The van der Waals surface area contributed by atoms with E-state index in [0.29, 0.717) is 18.7 Å². The van der Waals surface area contributed by atoms with Crippen LogP contribution in [0.15, 0.2) is 42.5 Å². The van der Waals surface area contributed by atoms with Crippen molar-refractivity contribution in [2.24, 2.45) is 0 Å². The Morgan fingerprint density at radius 1 is 1.04 bits per heavy atom. The normalized spacial score (nSPS) is 10.3. The lowest BCUT2D eigenvalue weighted by Gasteiger charge is -2.10. The number of benzene rings is 2. The third-order valence-corrected chi connectivity index (χ3v) is 3.78. The molecule has 0 radical (unpaired) electrons. The van der Waals surface area contributed by atoms with Gasteiger partial charge in [-0.2, -0.15) is 0 Å². The molecule has 0 spiro atoms. The van der Waals surface area contributed by atoms with Crippen molar-refractivity contribution in [2.75, 3.05) is 11.9 Å². The van der Waals surface area contributed by atoms with Gasteiger partial charge in [0.05, 0.1) is 13.0 Å². The average molecular weight is 341 g/mol. The van der Waals surface area contributed by atoms with Crippen LogP contribution in [0, 0.1) is 13.8 Å². The maximum atomic E-state index is 12.0. The summed E-state index contributed by atoms with van der Waals surface area (Å²) in [5.74, 6) is -0.148. The van der Waals surface area contributed by atoms with Crippen LogP contribution >= 0.6 is 0 Å². The molecular weight excluding hydrogens is 318 g/mol. The van der Waals surface area contributed by atoms with E-state index in [-0.39, 0.29) is 18.7 Å². The minimum atomic E-state index is -0.818. The number of carboxylic acid groups (broad SMARTS) is 1. The first-order chi connectivity index (χ1) is 11.9. The highest BCUT2D eigenvalue weighted by Crippen LogP contribution is 2.19. The summed E-state index contributed by atoms with van der Waals surface area (Å²) in [7, 11) is 0. The molecule has 132 valence electrons. The van der Waals surface area contributed by atoms with E-state index >= 15 is 0 Å². The van der Waals surface area contributed by atoms with E-state index in [0.717, 1.165) is 16.9 Å². The Kier molecular flexibility index (Phi) is 6.57. The number of aryl methyl sites for hydroxylation is 3. The zero-order valence-corrected chi connectivity index (χ0v) is 14.5. The lowest BCUT2D eigenvalue weighted by molar-refractivity contribution is -0.137. The van der Waals surface area contributed by atoms with Crippen molar-refractivity contribution in [1.82, 2.24) is 0 Å². The van der Waals surface area contributed by atoms with E-state index in [1.54, 1.807) is 12.1 Å². The highest BCUT2D eigenvalue weighted by Gasteiger charge is 2.05. The number of hydrogen-bond donors (Lipinski definition) is 2. The largest absolute Gasteiger partial charge is 0.493 e. The number of nitrogens with one attached hydrogen (secondary N) is 1. The zero-order valence-electron chi connectivity index (χ0n) is 14.5. The van der Waals surface area contributed by atoms with Crippen molar-refractivity contribution < 1.29 is 19.4 Å². The van der Waals surface area contributed by atoms with Crippen molar-refractivity contribution in [3.8, 4) is 5.75 Å². The molecule has 2 N–H and O–H groups in total. The summed E-state index contributed by atoms with van der Waals surface area (Å²) in [6, 6.07) is 13.1. The molecule has 0 saturated heterocycles. The van der Waals surface area contributed by atoms with E-state index in [9.17, 15) is 9.59 Å². The molecule has 0 aliphatic heterocycles. The van der Waals surface area contributed by atoms with Crippen LogP contribution in [0.1, 0.15) is 29.5 Å². The molecule has 0 bridgehead atoms. The summed E-state index contributed by atoms with van der Waals surface area (Å²) >= 11 is 0. The second kappa shape index (κ2) is 8.87. The molecule has 0 aliphatic carbocycles. The zero-order chi connectivity index (χ0) is 18.2. The molecule has 25 heavy (non-hydrogen) atoms. The average Bonchev–Trinajstić information content (AvgIpc) is 2.56. The van der Waals surface area contributed by atoms with E-state index in [2.05, 4.69) is 5.32 Å². The highest BCUT2D eigenvalue weighted by atomic mass is 16.5. The number of amides is 1. The number of carboxylic acids is 1. The predicted octanol–water partition coefficient (Wildman–Crippen LogP) is 3.73. The molecule has 2 rings (SSSR count). The predicted molar refractivity (Wildman–Crippen MR) is 97.1 cm³/mol. The van der Waals surface area contributed by atoms with Crippen LogP contribution in [-0.2, 0) is 16.0 Å². The molecule has 2 aromatic rings. The van der Waals surface area contributed by atoms with Gasteiger partial charge in [0.1, 0.15) is 5.75 Å². The van der Waals surface area contributed by atoms with Crippen LogP contribution in [0.25, 0.3) is 0 Å². The molecule has 5 heteroatoms. The summed E-state index contributed by atoms with van der Waals surface area (Å²) < 4.78 is 5.66. The van der Waals surface area contributed by atoms with E-state index in [4.69, 9.17) is 9.84 Å². The van der Waals surface area contributed by atoms with Gasteiger partial charge >= 0.3 is 5.97 Å². The number of anilines is 1. The van der Waals surface area contributed by atoms with Gasteiger partial charge in [-0.15, -0.1) is 0 Å². The van der Waals surface area contributed by atoms with Gasteiger partial charge in [0, 0.05) is 12.1 Å². The van der Waals surface area contributed by atoms with E-state index in [1.165, 1.54) is 5.56 Å². The van der Waals surface area contributed by atoms with Crippen molar-refractivity contribution in [1.29, 1.82) is 0 Å². The molecule has 0 fully saturated rings. The molecule has 0 unspecified atom stereocenters. The Morgan fingerprint density at radius 2 is 1.76 bits per heavy atom. The topological polar surface area (TPSA) is 75.6 Å². The van der Waals surface area contributed by atoms with E-state index in [1.807, 2.05) is 44.2 Å². The number of carbonyl (C=O) groups is 2. The van der Waals surface area contributed by atoms with E-state index < -0.39 is 5.97 Å². The van der Waals surface area contributed by atoms with Gasteiger partial charge in [-0.3, -0.25) is 9.59 Å². The van der Waals surface area contributed by atoms with Crippen molar-refractivity contribution in [3.05, 3.63) is 59.2 Å². The molecule has 0 atom stereocenters. The molecular formula is C20H23NO4. The Labute approximate surface area is 147 Å². The summed E-state index contributed by atoms with van der Waals surface area (Å²) in [6.45, 7) is 4.32. The Balaban J connectivity index is 1.77. The number of rotatable bonds is 8. The van der Waals surface area contributed by atoms with Gasteiger partial charge in [-0.1, -0.05) is 29.8 Å². The van der Waals surface area contributed by atoms with Gasteiger partial charge in [0.25, 0.3) is 0 Å². The molecule has 5 nitrogen and oxygen atoms in total. The first-order valence-corrected chi connectivity index (χ1v) is 8.24. The lowest BCUT2D eigenvalue weighted by Crippen LogP contribution is -2.15. The minimum Gasteiger partial charge on any atom is -0.493 e. The third kappa shape index (κ3) is 6.30. The maximum absolute atomic E-state index is 12.0. The third-order valence-electron chi connectivity index (χ3n) is 3.78. The van der Waals surface area contributed by atoms with Gasteiger partial charge in [0.15, 0.2) is 0 Å². The number of carbonyl (C=O) groups excluding carboxylic acids is 1. The molecule has 1 amide bonds. The number of hydrogen-bond acceptors (Lipinski definition) is 3. The molecule has 0 aliphatic rings. The SMILES string of the molecule is Cc1ccc(OCCC(=O)Nc2ccc(CCC(=O)O)cc2)c(C)c1. The van der Waals surface area contributed by atoms with Crippen LogP contribution < -0.4 is 10.1 Å². The standard InChI is InChI=1S/C20H23NO4/c1-14-3-9-18(15(2)13-14)25-12-11-19(22)21-17-7-4-16(5-8-17)6-10-20(23)24/h3-5,7-9,13H,6,10-12H2,1-2H3,(H,21,22)(H,23,24). The number of aliphatic carboxylic acids is 1. The fourth-order valence-corrected chi connectivity index (χ4v) is 2.44. The first kappa shape index (κ1) is 18.5. The van der Waals surface area contributed by atoms with Gasteiger partial charge in [0.2, 0.25) is 5.91 Å². The van der Waals surface area contributed by atoms with Gasteiger partial charge in [-0.25, -0.2) is 0 Å². The second-order valence-corrected chi connectivity index (χ2v) is 6.01. The van der Waals surface area contributed by atoms with Crippen LogP contribution in [0.5, 0.6) is 5.75 Å². The molecule has 0 aromatic heterocycles. The summed E-state index contributed by atoms with van der Waals surface area (Å²) in [6.07, 6.45) is 0.836. The smallest absolute Gasteiger partial charge is 0.303 e. The van der Waals surface area contributed by atoms with Crippen molar-refractivity contribution >= 4 is 17.6 Å². The lowest BCUT2D eigenvalue weighted by atomic mass is 10.1. The fraction of sp³-hybridized carbons (Fsp3) is 0.300. The molecule has 0 heterocycles. The number of ether oxygens (including phenoxy) is 1. The molecule has 2 aromatic carbocycles.